The van der Waals surface area contributed by atoms with E-state index in [4.69, 9.17) is 14.2 Å². The standard InChI is InChI=1S/C24H31BrO6S/c1-4-29-22(26)19(11-16-9-10-24(13-16)30-14-23(2,3)15-31-24)17-5-8-21(20(25)12-17)32(27,28)18-6-7-18/h5,8,11-12,16,18H,4,6-7,9-10,13-15H2,1-3H3/b19-11-. The minimum Gasteiger partial charge on any atom is -0.462 e. The number of sulfone groups is 1. The summed E-state index contributed by atoms with van der Waals surface area (Å²) in [5.41, 5.74) is 1.09. The lowest BCUT2D eigenvalue weighted by Gasteiger charge is -2.41. The van der Waals surface area contributed by atoms with E-state index >= 15 is 0 Å². The monoisotopic (exact) mass is 526 g/mol. The van der Waals surface area contributed by atoms with Crippen LogP contribution in [0.25, 0.3) is 5.57 Å². The summed E-state index contributed by atoms with van der Waals surface area (Å²) >= 11 is 3.42. The topological polar surface area (TPSA) is 78.9 Å². The van der Waals surface area contributed by atoms with Crippen LogP contribution in [-0.4, -0.2) is 45.2 Å². The van der Waals surface area contributed by atoms with Gasteiger partial charge in [-0.2, -0.15) is 0 Å². The smallest absolute Gasteiger partial charge is 0.338 e. The van der Waals surface area contributed by atoms with Gasteiger partial charge in [0.1, 0.15) is 0 Å². The molecule has 0 N–H and O–H groups in total. The zero-order valence-corrected chi connectivity index (χ0v) is 21.3. The van der Waals surface area contributed by atoms with Gasteiger partial charge in [-0.1, -0.05) is 26.0 Å². The number of rotatable bonds is 6. The van der Waals surface area contributed by atoms with Crippen molar-refractivity contribution in [2.45, 2.75) is 68.8 Å². The van der Waals surface area contributed by atoms with Crippen LogP contribution in [0.1, 0.15) is 58.4 Å². The van der Waals surface area contributed by atoms with Crippen LogP contribution in [0.2, 0.25) is 0 Å². The summed E-state index contributed by atoms with van der Waals surface area (Å²) in [4.78, 5) is 13.1. The average molecular weight is 527 g/mol. The molecule has 1 unspecified atom stereocenters. The predicted octanol–water partition coefficient (Wildman–Crippen LogP) is 4.90. The van der Waals surface area contributed by atoms with Crippen LogP contribution in [0.3, 0.4) is 0 Å². The highest BCUT2D eigenvalue weighted by Crippen LogP contribution is 2.45. The Kier molecular flexibility index (Phi) is 6.62. The second-order valence-corrected chi connectivity index (χ2v) is 12.9. The van der Waals surface area contributed by atoms with Crippen molar-refractivity contribution in [3.63, 3.8) is 0 Å². The number of benzene rings is 1. The van der Waals surface area contributed by atoms with Crippen LogP contribution in [0.5, 0.6) is 0 Å². The van der Waals surface area contributed by atoms with E-state index in [-0.39, 0.29) is 28.1 Å². The Morgan fingerprint density at radius 2 is 1.91 bits per heavy atom. The summed E-state index contributed by atoms with van der Waals surface area (Å²) in [5.74, 6) is -0.895. The van der Waals surface area contributed by atoms with Gasteiger partial charge in [0, 0.05) is 22.7 Å². The van der Waals surface area contributed by atoms with Crippen LogP contribution in [0.15, 0.2) is 33.6 Å². The van der Waals surface area contributed by atoms with Gasteiger partial charge in [0.25, 0.3) is 0 Å². The number of carbonyl (C=O) groups is 1. The van der Waals surface area contributed by atoms with Gasteiger partial charge in [0.15, 0.2) is 15.6 Å². The first-order valence-electron chi connectivity index (χ1n) is 11.3. The fourth-order valence-corrected chi connectivity index (χ4v) is 7.09. The van der Waals surface area contributed by atoms with Crippen LogP contribution < -0.4 is 0 Å². The molecule has 176 valence electrons. The third-order valence-electron chi connectivity index (χ3n) is 6.33. The second kappa shape index (κ2) is 8.85. The summed E-state index contributed by atoms with van der Waals surface area (Å²) in [7, 11) is -3.34. The van der Waals surface area contributed by atoms with Crippen molar-refractivity contribution >= 4 is 37.3 Å². The van der Waals surface area contributed by atoms with Crippen LogP contribution in [-0.2, 0) is 28.8 Å². The maximum absolute atomic E-state index is 12.8. The Morgan fingerprint density at radius 3 is 2.50 bits per heavy atom. The van der Waals surface area contributed by atoms with Gasteiger partial charge in [0.2, 0.25) is 0 Å². The molecule has 0 amide bonds. The maximum atomic E-state index is 12.8. The van der Waals surface area contributed by atoms with Gasteiger partial charge in [-0.3, -0.25) is 0 Å². The first-order chi connectivity index (χ1) is 15.1. The zero-order valence-electron chi connectivity index (χ0n) is 18.9. The summed E-state index contributed by atoms with van der Waals surface area (Å²) < 4.78 is 43.4. The molecule has 3 fully saturated rings. The Morgan fingerprint density at radius 1 is 1.22 bits per heavy atom. The SMILES string of the molecule is CCOC(=O)/C(=C\C1CCC2(C1)OCC(C)(C)CO2)c1ccc(S(=O)(=O)C2CC2)c(Br)c1. The van der Waals surface area contributed by atoms with Crippen molar-refractivity contribution in [2.75, 3.05) is 19.8 Å². The largest absolute Gasteiger partial charge is 0.462 e. The highest BCUT2D eigenvalue weighted by atomic mass is 79.9. The van der Waals surface area contributed by atoms with Crippen molar-refractivity contribution in [2.24, 2.45) is 11.3 Å². The molecule has 3 aliphatic rings. The minimum absolute atomic E-state index is 0.00406. The quantitative estimate of drug-likeness (QED) is 0.387. The maximum Gasteiger partial charge on any atom is 0.338 e. The third-order valence-corrected chi connectivity index (χ3v) is 9.57. The van der Waals surface area contributed by atoms with Gasteiger partial charge < -0.3 is 14.2 Å². The van der Waals surface area contributed by atoms with Gasteiger partial charge in [-0.05, 0) is 65.7 Å². The molecule has 1 aromatic carbocycles. The Bertz CT molecular complexity index is 1010. The van der Waals surface area contributed by atoms with Crippen LogP contribution in [0, 0.1) is 11.3 Å². The molecule has 4 rings (SSSR count). The lowest BCUT2D eigenvalue weighted by molar-refractivity contribution is -0.295. The number of carbonyl (C=O) groups excluding carboxylic acids is 1. The van der Waals surface area contributed by atoms with Gasteiger partial charge in [0.05, 0.1) is 35.5 Å². The number of ether oxygens (including phenoxy) is 3. The van der Waals surface area contributed by atoms with E-state index in [9.17, 15) is 13.2 Å². The fourth-order valence-electron chi connectivity index (χ4n) is 4.33. The summed E-state index contributed by atoms with van der Waals surface area (Å²) in [6, 6.07) is 4.99. The number of esters is 1. The van der Waals surface area contributed by atoms with E-state index in [1.807, 2.05) is 6.08 Å². The van der Waals surface area contributed by atoms with E-state index in [1.165, 1.54) is 0 Å². The summed E-state index contributed by atoms with van der Waals surface area (Å²) in [6.45, 7) is 7.58. The van der Waals surface area contributed by atoms with Crippen molar-refractivity contribution in [3.8, 4) is 0 Å². The molecule has 0 radical (unpaired) electrons. The fraction of sp³-hybridized carbons (Fsp3) is 0.625. The highest BCUT2D eigenvalue weighted by Gasteiger charge is 2.46. The predicted molar refractivity (Wildman–Crippen MR) is 125 cm³/mol. The molecule has 1 atom stereocenters. The Labute approximate surface area is 198 Å². The molecule has 2 aliphatic carbocycles. The number of hydrogen-bond donors (Lipinski definition) is 0. The molecule has 1 heterocycles. The molecular formula is C24H31BrO6S. The van der Waals surface area contributed by atoms with Gasteiger partial charge in [-0.15, -0.1) is 0 Å². The molecule has 1 aliphatic heterocycles. The van der Waals surface area contributed by atoms with Gasteiger partial charge >= 0.3 is 5.97 Å². The lowest BCUT2D eigenvalue weighted by atomic mass is 9.94. The number of allylic oxidation sites excluding steroid dienone is 1. The highest BCUT2D eigenvalue weighted by molar-refractivity contribution is 9.10. The van der Waals surface area contributed by atoms with Crippen molar-refractivity contribution < 1.29 is 27.4 Å². The minimum atomic E-state index is -3.34. The number of halogens is 1. The molecule has 0 bridgehead atoms. The van der Waals surface area contributed by atoms with Crippen molar-refractivity contribution in [3.05, 3.63) is 34.3 Å². The van der Waals surface area contributed by atoms with E-state index in [0.29, 0.717) is 48.1 Å². The molecular weight excluding hydrogens is 496 g/mol. The van der Waals surface area contributed by atoms with Crippen molar-refractivity contribution in [1.82, 2.24) is 0 Å². The van der Waals surface area contributed by atoms with E-state index in [1.54, 1.807) is 25.1 Å². The normalized spacial score (nSPS) is 25.1. The van der Waals surface area contributed by atoms with Crippen LogP contribution >= 0.6 is 15.9 Å². The van der Waals surface area contributed by atoms with E-state index < -0.39 is 21.6 Å². The molecule has 2 saturated carbocycles. The summed E-state index contributed by atoms with van der Waals surface area (Å²) in [5, 5.41) is -0.292. The summed E-state index contributed by atoms with van der Waals surface area (Å²) in [6.07, 6.45) is 5.66. The first kappa shape index (κ1) is 23.9. The van der Waals surface area contributed by atoms with Crippen molar-refractivity contribution in [1.29, 1.82) is 0 Å². The zero-order chi connectivity index (χ0) is 23.1. The molecule has 1 spiro atoms. The lowest BCUT2D eigenvalue weighted by Crippen LogP contribution is -2.46. The molecule has 1 saturated heterocycles. The van der Waals surface area contributed by atoms with E-state index in [2.05, 4.69) is 29.8 Å². The molecule has 6 nitrogen and oxygen atoms in total. The molecule has 1 aromatic rings. The number of hydrogen-bond acceptors (Lipinski definition) is 6. The van der Waals surface area contributed by atoms with Gasteiger partial charge in [-0.25, -0.2) is 13.2 Å². The average Bonchev–Trinajstić information content (AvgIpc) is 3.52. The van der Waals surface area contributed by atoms with Crippen LogP contribution in [0.4, 0.5) is 0 Å². The Hall–Kier alpha value is -1.22. The molecule has 8 heteroatoms. The molecule has 32 heavy (non-hydrogen) atoms. The molecule has 0 aromatic heterocycles. The Balaban J connectivity index is 1.59. The third kappa shape index (κ3) is 4.98. The second-order valence-electron chi connectivity index (χ2n) is 9.85. The van der Waals surface area contributed by atoms with E-state index in [0.717, 1.165) is 12.8 Å². The first-order valence-corrected chi connectivity index (χ1v) is 13.6.